The normalized spacial score (nSPS) is 10.6. The van der Waals surface area contributed by atoms with Gasteiger partial charge in [-0.15, -0.1) is 5.10 Å². The van der Waals surface area contributed by atoms with Crippen LogP contribution in [0, 0.1) is 10.1 Å². The van der Waals surface area contributed by atoms with E-state index < -0.39 is 16.1 Å². The SMILES string of the molecule is O=c1cc(Cn2cc(COc3ccc([N+](=O)[O-])cc3)nn2)occ1O. The Bertz CT molecular complexity index is 947. The molecule has 0 aliphatic rings. The summed E-state index contributed by atoms with van der Waals surface area (Å²) in [5.41, 5.74) is -0.0312. The molecule has 1 aromatic carbocycles. The van der Waals surface area contributed by atoms with Crippen LogP contribution in [0.4, 0.5) is 5.69 Å². The fourth-order valence-electron chi connectivity index (χ4n) is 1.99. The van der Waals surface area contributed by atoms with E-state index in [1.54, 1.807) is 6.20 Å². The van der Waals surface area contributed by atoms with Crippen molar-refractivity contribution < 1.29 is 19.2 Å². The van der Waals surface area contributed by atoms with E-state index in [0.29, 0.717) is 17.2 Å². The van der Waals surface area contributed by atoms with Crippen molar-refractivity contribution in [1.82, 2.24) is 15.0 Å². The lowest BCUT2D eigenvalue weighted by molar-refractivity contribution is -0.384. The molecule has 0 atom stereocenters. The Labute approximate surface area is 140 Å². The number of hydrogen-bond donors (Lipinski definition) is 1. The van der Waals surface area contributed by atoms with Gasteiger partial charge in [0.2, 0.25) is 5.43 Å². The van der Waals surface area contributed by atoms with Gasteiger partial charge in [0.15, 0.2) is 5.75 Å². The van der Waals surface area contributed by atoms with Gasteiger partial charge in [-0.2, -0.15) is 0 Å². The highest BCUT2D eigenvalue weighted by Gasteiger charge is 2.08. The van der Waals surface area contributed by atoms with Gasteiger partial charge in [-0.05, 0) is 12.1 Å². The number of nitrogens with zero attached hydrogens (tertiary/aromatic N) is 4. The van der Waals surface area contributed by atoms with Crippen molar-refractivity contribution >= 4 is 5.69 Å². The Morgan fingerprint density at radius 3 is 2.76 bits per heavy atom. The molecular formula is C15H12N4O6. The number of benzene rings is 1. The molecule has 0 spiro atoms. The molecule has 0 saturated carbocycles. The van der Waals surface area contributed by atoms with Crippen LogP contribution in [-0.2, 0) is 13.2 Å². The van der Waals surface area contributed by atoms with E-state index in [1.165, 1.54) is 35.0 Å². The van der Waals surface area contributed by atoms with Crippen LogP contribution < -0.4 is 10.2 Å². The molecule has 0 saturated heterocycles. The molecule has 0 fully saturated rings. The summed E-state index contributed by atoms with van der Waals surface area (Å²) >= 11 is 0. The zero-order valence-electron chi connectivity index (χ0n) is 12.7. The van der Waals surface area contributed by atoms with Crippen molar-refractivity contribution in [2.24, 2.45) is 0 Å². The average Bonchev–Trinajstić information content (AvgIpc) is 3.04. The third-order valence-corrected chi connectivity index (χ3v) is 3.20. The molecule has 1 N–H and O–H groups in total. The van der Waals surface area contributed by atoms with Gasteiger partial charge in [-0.3, -0.25) is 14.9 Å². The van der Waals surface area contributed by atoms with Crippen molar-refractivity contribution in [3.8, 4) is 11.5 Å². The van der Waals surface area contributed by atoms with Crippen LogP contribution in [0.25, 0.3) is 0 Å². The molecule has 2 aromatic heterocycles. The number of aromatic hydroxyl groups is 1. The van der Waals surface area contributed by atoms with Crippen molar-refractivity contribution in [3.63, 3.8) is 0 Å². The molecule has 25 heavy (non-hydrogen) atoms. The van der Waals surface area contributed by atoms with Crippen LogP contribution >= 0.6 is 0 Å². The molecule has 128 valence electrons. The second-order valence-corrected chi connectivity index (χ2v) is 5.04. The minimum absolute atomic E-state index is 0.0197. The molecule has 0 bridgehead atoms. The second kappa shape index (κ2) is 6.83. The molecule has 3 rings (SSSR count). The summed E-state index contributed by atoms with van der Waals surface area (Å²) in [6.07, 6.45) is 2.57. The maximum atomic E-state index is 11.3. The zero-order valence-corrected chi connectivity index (χ0v) is 12.7. The third-order valence-electron chi connectivity index (χ3n) is 3.20. The second-order valence-electron chi connectivity index (χ2n) is 5.04. The monoisotopic (exact) mass is 344 g/mol. The highest BCUT2D eigenvalue weighted by molar-refractivity contribution is 5.36. The van der Waals surface area contributed by atoms with Crippen LogP contribution in [0.3, 0.4) is 0 Å². The summed E-state index contributed by atoms with van der Waals surface area (Å²) in [7, 11) is 0. The van der Waals surface area contributed by atoms with Crippen LogP contribution in [0.2, 0.25) is 0 Å². The zero-order chi connectivity index (χ0) is 17.8. The lowest BCUT2D eigenvalue weighted by Crippen LogP contribution is -2.05. The van der Waals surface area contributed by atoms with Crippen molar-refractivity contribution in [2.45, 2.75) is 13.2 Å². The summed E-state index contributed by atoms with van der Waals surface area (Å²) in [6.45, 7) is 0.289. The van der Waals surface area contributed by atoms with E-state index >= 15 is 0 Å². The maximum absolute atomic E-state index is 11.3. The van der Waals surface area contributed by atoms with Crippen LogP contribution in [0.5, 0.6) is 11.5 Å². The van der Waals surface area contributed by atoms with Gasteiger partial charge in [0.25, 0.3) is 5.69 Å². The average molecular weight is 344 g/mol. The fourth-order valence-corrected chi connectivity index (χ4v) is 1.99. The Morgan fingerprint density at radius 2 is 2.08 bits per heavy atom. The lowest BCUT2D eigenvalue weighted by Gasteiger charge is -2.03. The van der Waals surface area contributed by atoms with E-state index in [4.69, 9.17) is 14.3 Å². The molecule has 3 aromatic rings. The molecule has 0 aliphatic heterocycles. The van der Waals surface area contributed by atoms with Gasteiger partial charge in [-0.1, -0.05) is 5.21 Å². The first kappa shape index (κ1) is 16.2. The van der Waals surface area contributed by atoms with E-state index in [-0.39, 0.29) is 18.8 Å². The first-order valence-electron chi connectivity index (χ1n) is 7.08. The molecule has 10 heteroatoms. The van der Waals surface area contributed by atoms with E-state index in [0.717, 1.165) is 6.26 Å². The molecule has 0 aliphatic carbocycles. The minimum Gasteiger partial charge on any atom is -0.502 e. The molecule has 10 nitrogen and oxygen atoms in total. The van der Waals surface area contributed by atoms with Crippen molar-refractivity contribution in [2.75, 3.05) is 0 Å². The summed E-state index contributed by atoms with van der Waals surface area (Å²) in [5.74, 6) is 0.319. The molecule has 2 heterocycles. The third kappa shape index (κ3) is 3.99. The van der Waals surface area contributed by atoms with Gasteiger partial charge in [0, 0.05) is 18.2 Å². The lowest BCUT2D eigenvalue weighted by atomic mass is 10.3. The summed E-state index contributed by atoms with van der Waals surface area (Å²) in [6, 6.07) is 6.85. The molecule has 0 unspecified atom stereocenters. The molecule has 0 amide bonds. The van der Waals surface area contributed by atoms with E-state index in [2.05, 4.69) is 10.3 Å². The quantitative estimate of drug-likeness (QED) is 0.525. The fraction of sp³-hybridized carbons (Fsp3) is 0.133. The predicted molar refractivity (Wildman–Crippen MR) is 83.2 cm³/mol. The molecular weight excluding hydrogens is 332 g/mol. The van der Waals surface area contributed by atoms with Crippen LogP contribution in [-0.4, -0.2) is 25.0 Å². The highest BCUT2D eigenvalue weighted by Crippen LogP contribution is 2.18. The first-order valence-corrected chi connectivity index (χ1v) is 7.08. The number of aromatic nitrogens is 3. The maximum Gasteiger partial charge on any atom is 0.269 e. The molecule has 0 radical (unpaired) electrons. The van der Waals surface area contributed by atoms with Gasteiger partial charge in [-0.25, -0.2) is 4.68 Å². The highest BCUT2D eigenvalue weighted by atomic mass is 16.6. The van der Waals surface area contributed by atoms with Gasteiger partial charge in [0.1, 0.15) is 36.6 Å². The van der Waals surface area contributed by atoms with Gasteiger partial charge < -0.3 is 14.3 Å². The Hall–Kier alpha value is -3.69. The standard InChI is InChI=1S/C15H12N4O6/c20-14-5-13(25-9-15(14)21)7-18-6-10(16-17-18)8-24-12-3-1-11(2-4-12)19(22)23/h1-6,9,21H,7-8H2. The smallest absolute Gasteiger partial charge is 0.269 e. The number of rotatable bonds is 6. The van der Waals surface area contributed by atoms with Crippen LogP contribution in [0.1, 0.15) is 11.5 Å². The first-order chi connectivity index (χ1) is 12.0. The summed E-state index contributed by atoms with van der Waals surface area (Å²) < 4.78 is 12.0. The van der Waals surface area contributed by atoms with Crippen molar-refractivity contribution in [1.29, 1.82) is 0 Å². The number of nitro benzene ring substituents is 1. The summed E-state index contributed by atoms with van der Waals surface area (Å²) in [4.78, 5) is 21.4. The summed E-state index contributed by atoms with van der Waals surface area (Å²) in [5, 5.41) is 27.5. The van der Waals surface area contributed by atoms with Crippen LogP contribution in [0.15, 0.2) is 52.0 Å². The Morgan fingerprint density at radius 1 is 1.32 bits per heavy atom. The number of hydrogen-bond acceptors (Lipinski definition) is 8. The van der Waals surface area contributed by atoms with Gasteiger partial charge in [0.05, 0.1) is 11.1 Å². The predicted octanol–water partition coefficient (Wildman–Crippen LogP) is 1.47. The minimum atomic E-state index is -0.539. The van der Waals surface area contributed by atoms with E-state index in [1.807, 2.05) is 0 Å². The van der Waals surface area contributed by atoms with Crippen molar-refractivity contribution in [3.05, 3.63) is 74.6 Å². The Kier molecular flexibility index (Phi) is 4.42. The van der Waals surface area contributed by atoms with Gasteiger partial charge >= 0.3 is 0 Å². The largest absolute Gasteiger partial charge is 0.502 e. The number of nitro groups is 1. The van der Waals surface area contributed by atoms with E-state index in [9.17, 15) is 14.9 Å². The topological polar surface area (TPSA) is 134 Å². The number of non-ortho nitro benzene ring substituents is 1. The number of ether oxygens (including phenoxy) is 1. The Balaban J connectivity index is 1.60.